The van der Waals surface area contributed by atoms with E-state index in [-0.39, 0.29) is 6.67 Å². The van der Waals surface area contributed by atoms with E-state index in [1.54, 1.807) is 11.8 Å². The molecular formula is C8H11FNS+. The highest BCUT2D eigenvalue weighted by Gasteiger charge is 1.97. The molecule has 60 valence electrons. The predicted octanol–water partition coefficient (Wildman–Crippen LogP) is 1.67. The van der Waals surface area contributed by atoms with E-state index in [9.17, 15) is 4.39 Å². The summed E-state index contributed by atoms with van der Waals surface area (Å²) < 4.78 is 13.7. The number of hydrogen-bond donors (Lipinski definition) is 0. The topological polar surface area (TPSA) is 3.88 Å². The van der Waals surface area contributed by atoms with Crippen LogP contribution in [0.25, 0.3) is 0 Å². The minimum Gasteiger partial charge on any atom is -0.244 e. The first kappa shape index (κ1) is 8.53. The Morgan fingerprint density at radius 1 is 1.45 bits per heavy atom. The molecule has 1 aromatic heterocycles. The molecule has 0 saturated carbocycles. The maximum absolute atomic E-state index is 11.8. The molecule has 0 N–H and O–H groups in total. The van der Waals surface area contributed by atoms with Gasteiger partial charge in [0, 0.05) is 17.0 Å². The Hall–Kier alpha value is -0.570. The Kier molecular flexibility index (Phi) is 3.36. The molecule has 0 amide bonds. The van der Waals surface area contributed by atoms with Crippen LogP contribution in [-0.2, 0) is 6.54 Å². The van der Waals surface area contributed by atoms with Crippen LogP contribution in [0.5, 0.6) is 0 Å². The molecule has 0 aliphatic carbocycles. The van der Waals surface area contributed by atoms with Crippen molar-refractivity contribution >= 4 is 11.8 Å². The minimum atomic E-state index is -0.302. The fraction of sp³-hybridized carbons (Fsp3) is 0.375. The molecular weight excluding hydrogens is 161 g/mol. The van der Waals surface area contributed by atoms with Crippen molar-refractivity contribution in [3.8, 4) is 0 Å². The second-order valence-electron chi connectivity index (χ2n) is 2.16. The molecule has 0 aliphatic rings. The van der Waals surface area contributed by atoms with Gasteiger partial charge in [-0.15, -0.1) is 11.8 Å². The van der Waals surface area contributed by atoms with Crippen molar-refractivity contribution in [1.29, 1.82) is 0 Å². The molecule has 1 aromatic rings. The second-order valence-corrected chi connectivity index (χ2v) is 3.04. The molecule has 0 saturated heterocycles. The van der Waals surface area contributed by atoms with Crippen LogP contribution in [0.2, 0.25) is 0 Å². The van der Waals surface area contributed by atoms with Crippen molar-refractivity contribution in [2.45, 2.75) is 11.4 Å². The number of halogens is 1. The van der Waals surface area contributed by atoms with Crippen molar-refractivity contribution in [1.82, 2.24) is 0 Å². The number of aryl methyl sites for hydroxylation is 1. The molecule has 0 spiro atoms. The Morgan fingerprint density at radius 3 is 2.55 bits per heavy atom. The summed E-state index contributed by atoms with van der Waals surface area (Å²) in [5.41, 5.74) is 0. The zero-order valence-electron chi connectivity index (χ0n) is 6.46. The lowest BCUT2D eigenvalue weighted by atomic mass is 10.5. The number of alkyl halides is 1. The molecule has 1 rings (SSSR count). The normalized spacial score (nSPS) is 10.0. The van der Waals surface area contributed by atoms with E-state index in [2.05, 4.69) is 0 Å². The van der Waals surface area contributed by atoms with E-state index in [1.165, 1.54) is 4.90 Å². The van der Waals surface area contributed by atoms with Crippen LogP contribution in [0.4, 0.5) is 4.39 Å². The van der Waals surface area contributed by atoms with Gasteiger partial charge < -0.3 is 0 Å². The van der Waals surface area contributed by atoms with E-state index in [0.29, 0.717) is 6.54 Å². The van der Waals surface area contributed by atoms with Gasteiger partial charge in [-0.25, -0.2) is 8.96 Å². The molecule has 0 fully saturated rings. The van der Waals surface area contributed by atoms with Crippen molar-refractivity contribution in [3.05, 3.63) is 24.5 Å². The number of pyridine rings is 1. The Labute approximate surface area is 70.2 Å². The van der Waals surface area contributed by atoms with Crippen LogP contribution in [0.3, 0.4) is 0 Å². The second kappa shape index (κ2) is 4.34. The summed E-state index contributed by atoms with van der Waals surface area (Å²) in [6.07, 6.45) is 5.81. The summed E-state index contributed by atoms with van der Waals surface area (Å²) in [6, 6.07) is 3.97. The third-order valence-corrected chi connectivity index (χ3v) is 2.18. The van der Waals surface area contributed by atoms with Crippen molar-refractivity contribution < 1.29 is 8.96 Å². The highest BCUT2D eigenvalue weighted by atomic mass is 32.2. The van der Waals surface area contributed by atoms with E-state index in [4.69, 9.17) is 0 Å². The lowest BCUT2D eigenvalue weighted by molar-refractivity contribution is -0.697. The lowest BCUT2D eigenvalue weighted by Crippen LogP contribution is -2.33. The first-order valence-electron chi connectivity index (χ1n) is 3.46. The quantitative estimate of drug-likeness (QED) is 0.495. The number of thioether (sulfide) groups is 1. The summed E-state index contributed by atoms with van der Waals surface area (Å²) in [5, 5.41) is 0. The molecule has 0 bridgehead atoms. The molecule has 0 atom stereocenters. The van der Waals surface area contributed by atoms with Crippen LogP contribution in [0.1, 0.15) is 0 Å². The summed E-state index contributed by atoms with van der Waals surface area (Å²) in [7, 11) is 0. The summed E-state index contributed by atoms with van der Waals surface area (Å²) >= 11 is 1.69. The molecule has 0 radical (unpaired) electrons. The third-order valence-electron chi connectivity index (χ3n) is 1.44. The largest absolute Gasteiger partial charge is 0.244 e. The number of nitrogens with zero attached hydrogens (tertiary/aromatic N) is 1. The summed E-state index contributed by atoms with van der Waals surface area (Å²) in [6.45, 7) is 0.151. The predicted molar refractivity (Wildman–Crippen MR) is 44.4 cm³/mol. The monoisotopic (exact) mass is 172 g/mol. The molecule has 0 unspecified atom stereocenters. The SMILES string of the molecule is CSc1cc[n+](CCF)cc1. The first-order valence-corrected chi connectivity index (χ1v) is 4.68. The first-order chi connectivity index (χ1) is 5.36. The van der Waals surface area contributed by atoms with Gasteiger partial charge in [-0.05, 0) is 6.26 Å². The molecule has 1 heterocycles. The fourth-order valence-electron chi connectivity index (χ4n) is 0.826. The Bertz CT molecular complexity index is 210. The number of hydrogen-bond acceptors (Lipinski definition) is 1. The van der Waals surface area contributed by atoms with Crippen molar-refractivity contribution in [2.75, 3.05) is 12.9 Å². The average molecular weight is 172 g/mol. The highest BCUT2D eigenvalue weighted by molar-refractivity contribution is 7.98. The highest BCUT2D eigenvalue weighted by Crippen LogP contribution is 2.10. The van der Waals surface area contributed by atoms with Crippen molar-refractivity contribution in [3.63, 3.8) is 0 Å². The maximum Gasteiger partial charge on any atom is 0.176 e. The zero-order valence-corrected chi connectivity index (χ0v) is 7.27. The lowest BCUT2D eigenvalue weighted by Gasteiger charge is -1.93. The van der Waals surface area contributed by atoms with Gasteiger partial charge >= 0.3 is 0 Å². The van der Waals surface area contributed by atoms with Gasteiger partial charge in [0.05, 0.1) is 0 Å². The van der Waals surface area contributed by atoms with Crippen LogP contribution in [-0.4, -0.2) is 12.9 Å². The van der Waals surface area contributed by atoms with Gasteiger partial charge in [-0.2, -0.15) is 0 Å². The summed E-state index contributed by atoms with van der Waals surface area (Å²) in [4.78, 5) is 1.21. The van der Waals surface area contributed by atoms with Gasteiger partial charge in [-0.3, -0.25) is 0 Å². The van der Waals surface area contributed by atoms with Gasteiger partial charge in [0.1, 0.15) is 6.67 Å². The van der Waals surface area contributed by atoms with Gasteiger partial charge in [0.15, 0.2) is 18.9 Å². The number of rotatable bonds is 3. The van der Waals surface area contributed by atoms with Crippen LogP contribution in [0.15, 0.2) is 29.4 Å². The Balaban J connectivity index is 2.66. The molecule has 3 heteroatoms. The van der Waals surface area contributed by atoms with E-state index in [1.807, 2.05) is 35.3 Å². The maximum atomic E-state index is 11.8. The van der Waals surface area contributed by atoms with E-state index < -0.39 is 0 Å². The van der Waals surface area contributed by atoms with Gasteiger partial charge in [-0.1, -0.05) is 0 Å². The molecule has 0 aromatic carbocycles. The smallest absolute Gasteiger partial charge is 0.176 e. The van der Waals surface area contributed by atoms with E-state index in [0.717, 1.165) is 0 Å². The van der Waals surface area contributed by atoms with Crippen LogP contribution in [0, 0.1) is 0 Å². The molecule has 11 heavy (non-hydrogen) atoms. The standard InChI is InChI=1S/C8H11FNS/c1-11-8-2-5-10(6-3-8)7-4-9/h2-3,5-6H,4,7H2,1H3/q+1. The molecule has 0 aliphatic heterocycles. The van der Waals surface area contributed by atoms with Crippen LogP contribution >= 0.6 is 11.8 Å². The number of aromatic nitrogens is 1. The van der Waals surface area contributed by atoms with E-state index >= 15 is 0 Å². The van der Waals surface area contributed by atoms with Crippen molar-refractivity contribution in [2.24, 2.45) is 0 Å². The van der Waals surface area contributed by atoms with Gasteiger partial charge in [0.2, 0.25) is 0 Å². The minimum absolute atomic E-state index is 0.302. The van der Waals surface area contributed by atoms with Gasteiger partial charge in [0.25, 0.3) is 0 Å². The van der Waals surface area contributed by atoms with Crippen LogP contribution < -0.4 is 4.57 Å². The summed E-state index contributed by atoms with van der Waals surface area (Å²) in [5.74, 6) is 0. The Morgan fingerprint density at radius 2 is 2.09 bits per heavy atom. The third kappa shape index (κ3) is 2.50. The molecule has 1 nitrogen and oxygen atoms in total. The fourth-order valence-corrected chi connectivity index (χ4v) is 1.22. The average Bonchev–Trinajstić information content (AvgIpc) is 2.07. The zero-order chi connectivity index (χ0) is 8.10.